The Balaban J connectivity index is 1.25. The van der Waals surface area contributed by atoms with E-state index in [1.807, 2.05) is 18.2 Å². The van der Waals surface area contributed by atoms with Crippen LogP contribution in [-0.2, 0) is 21.4 Å². The van der Waals surface area contributed by atoms with Crippen LogP contribution < -0.4 is 5.32 Å². The van der Waals surface area contributed by atoms with Crippen LogP contribution in [0.15, 0.2) is 52.1 Å². The van der Waals surface area contributed by atoms with Crippen LogP contribution in [0, 0.1) is 12.8 Å². The van der Waals surface area contributed by atoms with Crippen molar-refractivity contribution in [3.05, 3.63) is 59.7 Å². The third-order valence-corrected chi connectivity index (χ3v) is 8.49. The molecule has 1 saturated heterocycles. The normalized spacial score (nSPS) is 17.6. The van der Waals surface area contributed by atoms with Gasteiger partial charge in [0.05, 0.1) is 4.90 Å². The summed E-state index contributed by atoms with van der Waals surface area (Å²) in [5.74, 6) is 1.09. The average molecular weight is 482 g/mol. The van der Waals surface area contributed by atoms with Gasteiger partial charge in [0.2, 0.25) is 27.6 Å². The van der Waals surface area contributed by atoms with Gasteiger partial charge in [0, 0.05) is 49.4 Å². The minimum atomic E-state index is -3.72. The second-order valence-electron chi connectivity index (χ2n) is 8.97. The summed E-state index contributed by atoms with van der Waals surface area (Å²) >= 11 is 0. The SMILES string of the molecule is Cc1ccc(-c2noc(C3CC3)n2)cc1S(=O)(=O)N1CCC(C(=O)NCc2cccnc2)CC1. The van der Waals surface area contributed by atoms with Crippen molar-refractivity contribution in [1.29, 1.82) is 0 Å². The molecule has 1 saturated carbocycles. The number of nitrogens with one attached hydrogen (secondary N) is 1. The van der Waals surface area contributed by atoms with E-state index in [-0.39, 0.29) is 16.7 Å². The van der Waals surface area contributed by atoms with E-state index in [1.54, 1.807) is 31.5 Å². The number of sulfonamides is 1. The largest absolute Gasteiger partial charge is 0.352 e. The van der Waals surface area contributed by atoms with Gasteiger partial charge in [-0.1, -0.05) is 23.4 Å². The van der Waals surface area contributed by atoms with Crippen molar-refractivity contribution in [2.75, 3.05) is 13.1 Å². The maximum absolute atomic E-state index is 13.5. The van der Waals surface area contributed by atoms with Gasteiger partial charge >= 0.3 is 0 Å². The van der Waals surface area contributed by atoms with Crippen molar-refractivity contribution in [3.8, 4) is 11.4 Å². The minimum Gasteiger partial charge on any atom is -0.352 e. The van der Waals surface area contributed by atoms with E-state index in [0.29, 0.717) is 61.2 Å². The van der Waals surface area contributed by atoms with Crippen molar-refractivity contribution < 1.29 is 17.7 Å². The molecule has 0 unspecified atom stereocenters. The number of piperidine rings is 1. The fraction of sp³-hybridized carbons (Fsp3) is 0.417. The highest BCUT2D eigenvalue weighted by atomic mass is 32.2. The van der Waals surface area contributed by atoms with Crippen molar-refractivity contribution in [3.63, 3.8) is 0 Å². The zero-order valence-corrected chi connectivity index (χ0v) is 19.8. The van der Waals surface area contributed by atoms with Gasteiger partial charge < -0.3 is 9.84 Å². The maximum Gasteiger partial charge on any atom is 0.243 e. The molecule has 0 spiro atoms. The number of carbonyl (C=O) groups is 1. The van der Waals surface area contributed by atoms with E-state index in [0.717, 1.165) is 18.4 Å². The van der Waals surface area contributed by atoms with Crippen LogP contribution in [0.2, 0.25) is 0 Å². The summed E-state index contributed by atoms with van der Waals surface area (Å²) in [6.45, 7) is 2.78. The highest BCUT2D eigenvalue weighted by Crippen LogP contribution is 2.39. The number of carbonyl (C=O) groups excluding carboxylic acids is 1. The number of benzene rings is 1. The number of aryl methyl sites for hydroxylation is 1. The Bertz CT molecular complexity index is 1280. The van der Waals surface area contributed by atoms with Crippen LogP contribution in [-0.4, -0.2) is 46.8 Å². The molecule has 0 radical (unpaired) electrons. The summed E-state index contributed by atoms with van der Waals surface area (Å²) in [4.78, 5) is 21.3. The summed E-state index contributed by atoms with van der Waals surface area (Å²) in [5, 5.41) is 6.97. The third-order valence-electron chi connectivity index (χ3n) is 6.45. The number of aromatic nitrogens is 3. The van der Waals surface area contributed by atoms with E-state index >= 15 is 0 Å². The van der Waals surface area contributed by atoms with Gasteiger partial charge in [-0.05, 0) is 55.9 Å². The molecular formula is C24H27N5O4S. The smallest absolute Gasteiger partial charge is 0.243 e. The van der Waals surface area contributed by atoms with Crippen molar-refractivity contribution >= 4 is 15.9 Å². The fourth-order valence-corrected chi connectivity index (χ4v) is 5.92. The van der Waals surface area contributed by atoms with Gasteiger partial charge in [0.25, 0.3) is 0 Å². The Morgan fingerprint density at radius 3 is 2.68 bits per heavy atom. The number of nitrogens with zero attached hydrogens (tertiary/aromatic N) is 4. The molecule has 178 valence electrons. The van der Waals surface area contributed by atoms with Crippen molar-refractivity contribution in [2.24, 2.45) is 5.92 Å². The maximum atomic E-state index is 13.5. The van der Waals surface area contributed by atoms with E-state index in [2.05, 4.69) is 20.4 Å². The molecule has 2 fully saturated rings. The molecule has 9 nitrogen and oxygen atoms in total. The molecule has 1 amide bonds. The first-order valence-electron chi connectivity index (χ1n) is 11.5. The molecule has 2 aliphatic rings. The van der Waals surface area contributed by atoms with E-state index in [4.69, 9.17) is 4.52 Å². The van der Waals surface area contributed by atoms with Crippen molar-refractivity contribution in [2.45, 2.75) is 50.0 Å². The first kappa shape index (κ1) is 22.7. The second kappa shape index (κ2) is 9.27. The number of hydrogen-bond acceptors (Lipinski definition) is 7. The van der Waals surface area contributed by atoms with Crippen LogP contribution in [0.3, 0.4) is 0 Å². The predicted molar refractivity (Wildman–Crippen MR) is 124 cm³/mol. The standard InChI is InChI=1S/C24H27N5O4S/c1-16-4-5-20(22-27-24(33-28-22)19-6-7-19)13-21(16)34(31,32)29-11-8-18(9-12-29)23(30)26-15-17-3-2-10-25-14-17/h2-5,10,13-14,18-19H,6-9,11-12,15H2,1H3,(H,26,30). The number of amides is 1. The Morgan fingerprint density at radius 2 is 1.97 bits per heavy atom. The zero-order valence-electron chi connectivity index (χ0n) is 19.0. The van der Waals surface area contributed by atoms with E-state index < -0.39 is 10.0 Å². The molecular weight excluding hydrogens is 454 g/mol. The van der Waals surface area contributed by atoms with Gasteiger partial charge in [-0.15, -0.1) is 0 Å². The molecule has 1 aromatic carbocycles. The lowest BCUT2D eigenvalue weighted by Gasteiger charge is -2.31. The molecule has 3 heterocycles. The van der Waals surface area contributed by atoms with Crippen LogP contribution in [0.1, 0.15) is 48.6 Å². The van der Waals surface area contributed by atoms with Gasteiger partial charge in [-0.3, -0.25) is 9.78 Å². The van der Waals surface area contributed by atoms with Crippen LogP contribution in [0.4, 0.5) is 0 Å². The molecule has 34 heavy (non-hydrogen) atoms. The summed E-state index contributed by atoms with van der Waals surface area (Å²) in [6, 6.07) is 8.94. The molecule has 3 aromatic rings. The second-order valence-corrected chi connectivity index (χ2v) is 10.9. The highest BCUT2D eigenvalue weighted by molar-refractivity contribution is 7.89. The van der Waals surface area contributed by atoms with E-state index in [9.17, 15) is 13.2 Å². The fourth-order valence-electron chi connectivity index (χ4n) is 4.20. The van der Waals surface area contributed by atoms with Crippen LogP contribution in [0.25, 0.3) is 11.4 Å². The molecule has 0 atom stereocenters. The summed E-state index contributed by atoms with van der Waals surface area (Å²) < 4.78 is 33.7. The number of rotatable bonds is 7. The van der Waals surface area contributed by atoms with Gasteiger partial charge in [-0.25, -0.2) is 8.42 Å². The average Bonchev–Trinajstić information content (AvgIpc) is 3.60. The summed E-state index contributed by atoms with van der Waals surface area (Å²) in [5.41, 5.74) is 2.20. The molecule has 1 N–H and O–H groups in total. The lowest BCUT2D eigenvalue weighted by atomic mass is 9.97. The monoisotopic (exact) mass is 481 g/mol. The first-order chi connectivity index (χ1) is 16.4. The van der Waals surface area contributed by atoms with Gasteiger partial charge in [-0.2, -0.15) is 9.29 Å². The Labute approximate surface area is 198 Å². The lowest BCUT2D eigenvalue weighted by Crippen LogP contribution is -2.43. The lowest BCUT2D eigenvalue weighted by molar-refractivity contribution is -0.126. The third kappa shape index (κ3) is 4.74. The molecule has 1 aliphatic carbocycles. The summed E-state index contributed by atoms with van der Waals surface area (Å²) in [6.07, 6.45) is 6.46. The van der Waals surface area contributed by atoms with Crippen LogP contribution in [0.5, 0.6) is 0 Å². The minimum absolute atomic E-state index is 0.0531. The zero-order chi connectivity index (χ0) is 23.7. The van der Waals surface area contributed by atoms with Gasteiger partial charge in [0.15, 0.2) is 0 Å². The topological polar surface area (TPSA) is 118 Å². The Kier molecular flexibility index (Phi) is 6.18. The first-order valence-corrected chi connectivity index (χ1v) is 13.0. The van der Waals surface area contributed by atoms with E-state index in [1.165, 1.54) is 4.31 Å². The number of pyridine rings is 1. The predicted octanol–water partition coefficient (Wildman–Crippen LogP) is 3.03. The highest BCUT2D eigenvalue weighted by Gasteiger charge is 2.34. The number of hydrogen-bond donors (Lipinski definition) is 1. The summed E-state index contributed by atoms with van der Waals surface area (Å²) in [7, 11) is -3.72. The molecule has 1 aliphatic heterocycles. The Hall–Kier alpha value is -3.11. The molecule has 0 bridgehead atoms. The molecule has 5 rings (SSSR count). The van der Waals surface area contributed by atoms with Crippen LogP contribution >= 0.6 is 0 Å². The molecule has 10 heteroatoms. The Morgan fingerprint density at radius 1 is 1.18 bits per heavy atom. The quantitative estimate of drug-likeness (QED) is 0.551. The van der Waals surface area contributed by atoms with Gasteiger partial charge in [0.1, 0.15) is 0 Å². The molecule has 2 aromatic heterocycles. The van der Waals surface area contributed by atoms with Crippen molar-refractivity contribution in [1.82, 2.24) is 24.7 Å².